The Bertz CT molecular complexity index is 839. The molecule has 26 heavy (non-hydrogen) atoms. The predicted octanol–water partition coefficient (Wildman–Crippen LogP) is 4.53. The van der Waals surface area contributed by atoms with E-state index in [0.717, 1.165) is 24.0 Å². The molecule has 4 nitrogen and oxygen atoms in total. The monoisotopic (exact) mass is 382 g/mol. The first-order chi connectivity index (χ1) is 12.2. The van der Waals surface area contributed by atoms with Crippen molar-refractivity contribution in [1.29, 1.82) is 0 Å². The summed E-state index contributed by atoms with van der Waals surface area (Å²) < 4.78 is 34.2. The lowest BCUT2D eigenvalue weighted by atomic mass is 10.1. The van der Waals surface area contributed by atoms with Crippen molar-refractivity contribution in [3.05, 3.63) is 59.8 Å². The van der Waals surface area contributed by atoms with E-state index in [1.54, 1.807) is 12.1 Å². The van der Waals surface area contributed by atoms with E-state index in [1.807, 2.05) is 18.3 Å². The van der Waals surface area contributed by atoms with E-state index in [9.17, 15) is 8.78 Å². The second-order valence-corrected chi connectivity index (χ2v) is 5.65. The molecule has 1 aromatic heterocycles. The van der Waals surface area contributed by atoms with Crippen molar-refractivity contribution in [2.24, 2.45) is 0 Å². The molecule has 0 fully saturated rings. The lowest BCUT2D eigenvalue weighted by Gasteiger charge is -2.12. The number of alkyl halides is 2. The average molecular weight is 383 g/mol. The third-order valence-electron chi connectivity index (χ3n) is 4.02. The highest BCUT2D eigenvalue weighted by Crippen LogP contribution is 2.29. The van der Waals surface area contributed by atoms with Crippen molar-refractivity contribution < 1.29 is 18.3 Å². The quantitative estimate of drug-likeness (QED) is 0.562. The Kier molecular flexibility index (Phi) is 7.24. The van der Waals surface area contributed by atoms with Gasteiger partial charge in [-0.1, -0.05) is 24.3 Å². The van der Waals surface area contributed by atoms with Gasteiger partial charge in [-0.25, -0.2) is 0 Å². The van der Waals surface area contributed by atoms with Crippen molar-refractivity contribution >= 4 is 23.3 Å². The van der Waals surface area contributed by atoms with E-state index < -0.39 is 6.61 Å². The first kappa shape index (κ1) is 20.0. The van der Waals surface area contributed by atoms with Gasteiger partial charge in [0, 0.05) is 23.6 Å². The van der Waals surface area contributed by atoms with E-state index >= 15 is 0 Å². The van der Waals surface area contributed by atoms with Crippen LogP contribution in [0.2, 0.25) is 0 Å². The SMILES string of the molecule is COc1cc(CNCCc2c[nH]c3ccccc23)ccc1OC(F)F.Cl. The van der Waals surface area contributed by atoms with Gasteiger partial charge in [-0.2, -0.15) is 8.78 Å². The second-order valence-electron chi connectivity index (χ2n) is 5.65. The lowest BCUT2D eigenvalue weighted by molar-refractivity contribution is -0.0512. The van der Waals surface area contributed by atoms with E-state index in [1.165, 1.54) is 24.1 Å². The maximum atomic E-state index is 12.3. The molecule has 0 saturated carbocycles. The maximum absolute atomic E-state index is 12.3. The summed E-state index contributed by atoms with van der Waals surface area (Å²) in [4.78, 5) is 3.26. The van der Waals surface area contributed by atoms with Crippen LogP contribution in [-0.2, 0) is 13.0 Å². The minimum Gasteiger partial charge on any atom is -0.493 e. The summed E-state index contributed by atoms with van der Waals surface area (Å²) in [6.45, 7) is -1.44. The molecule has 7 heteroatoms. The molecular formula is C19H21ClF2N2O2. The third-order valence-corrected chi connectivity index (χ3v) is 4.02. The molecule has 3 rings (SSSR count). The summed E-state index contributed by atoms with van der Waals surface area (Å²) in [7, 11) is 1.43. The number of rotatable bonds is 8. The molecular weight excluding hydrogens is 362 g/mol. The number of nitrogens with one attached hydrogen (secondary N) is 2. The standard InChI is InChI=1S/C19H20F2N2O2.ClH/c1-24-18-10-13(6-7-17(18)25-19(20)21)11-22-9-8-14-12-23-16-5-3-2-4-15(14)16;/h2-7,10,12,19,22-23H,8-9,11H2,1H3;1H. The Morgan fingerprint density at radius 1 is 1.12 bits per heavy atom. The predicted molar refractivity (Wildman–Crippen MR) is 101 cm³/mol. The number of fused-ring (bicyclic) bond motifs is 1. The van der Waals surface area contributed by atoms with Gasteiger partial charge in [0.15, 0.2) is 11.5 Å². The number of hydrogen-bond acceptors (Lipinski definition) is 3. The molecule has 0 unspecified atom stereocenters. The normalized spacial score (nSPS) is 10.8. The van der Waals surface area contributed by atoms with Crippen LogP contribution in [-0.4, -0.2) is 25.3 Å². The summed E-state index contributed by atoms with van der Waals surface area (Å²) in [5.41, 5.74) is 3.34. The highest BCUT2D eigenvalue weighted by atomic mass is 35.5. The number of aromatic amines is 1. The highest BCUT2D eigenvalue weighted by molar-refractivity contribution is 5.85. The number of para-hydroxylation sites is 1. The molecule has 0 aliphatic rings. The number of methoxy groups -OCH3 is 1. The Balaban J connectivity index is 0.00000243. The minimum atomic E-state index is -2.87. The van der Waals surface area contributed by atoms with Crippen molar-refractivity contribution in [3.8, 4) is 11.5 Å². The number of halogens is 3. The van der Waals surface area contributed by atoms with Crippen LogP contribution in [0.15, 0.2) is 48.7 Å². The van der Waals surface area contributed by atoms with Gasteiger partial charge in [-0.3, -0.25) is 0 Å². The summed E-state index contributed by atoms with van der Waals surface area (Å²) in [5, 5.41) is 4.59. The first-order valence-corrected chi connectivity index (χ1v) is 8.05. The molecule has 140 valence electrons. The van der Waals surface area contributed by atoms with Gasteiger partial charge in [-0.15, -0.1) is 12.4 Å². The van der Waals surface area contributed by atoms with Crippen LogP contribution >= 0.6 is 12.4 Å². The lowest BCUT2D eigenvalue weighted by Crippen LogP contribution is -2.16. The second kappa shape index (κ2) is 9.40. The topological polar surface area (TPSA) is 46.3 Å². The number of hydrogen-bond donors (Lipinski definition) is 2. The van der Waals surface area contributed by atoms with Gasteiger partial charge in [0.25, 0.3) is 0 Å². The molecule has 0 saturated heterocycles. The maximum Gasteiger partial charge on any atom is 0.387 e. The van der Waals surface area contributed by atoms with Gasteiger partial charge in [0.1, 0.15) is 0 Å². The first-order valence-electron chi connectivity index (χ1n) is 8.05. The van der Waals surface area contributed by atoms with Crippen LogP contribution in [0.5, 0.6) is 11.5 Å². The van der Waals surface area contributed by atoms with Gasteiger partial charge in [0.2, 0.25) is 0 Å². The van der Waals surface area contributed by atoms with E-state index in [-0.39, 0.29) is 18.2 Å². The summed E-state index contributed by atoms with van der Waals surface area (Å²) in [6, 6.07) is 13.2. The van der Waals surface area contributed by atoms with Crippen molar-refractivity contribution in [2.45, 2.75) is 19.6 Å². The van der Waals surface area contributed by atoms with Gasteiger partial charge in [-0.05, 0) is 42.3 Å². The molecule has 0 amide bonds. The molecule has 3 aromatic rings. The smallest absolute Gasteiger partial charge is 0.387 e. The van der Waals surface area contributed by atoms with Crippen LogP contribution in [0.25, 0.3) is 10.9 Å². The van der Waals surface area contributed by atoms with Crippen LogP contribution in [0.3, 0.4) is 0 Å². The van der Waals surface area contributed by atoms with E-state index in [0.29, 0.717) is 12.3 Å². The van der Waals surface area contributed by atoms with Crippen molar-refractivity contribution in [2.75, 3.05) is 13.7 Å². The van der Waals surface area contributed by atoms with Crippen LogP contribution in [0.1, 0.15) is 11.1 Å². The summed E-state index contributed by atoms with van der Waals surface area (Å²) >= 11 is 0. The molecule has 0 bridgehead atoms. The average Bonchev–Trinajstić information content (AvgIpc) is 3.02. The fourth-order valence-corrected chi connectivity index (χ4v) is 2.81. The number of benzene rings is 2. The zero-order chi connectivity index (χ0) is 17.6. The van der Waals surface area contributed by atoms with Crippen LogP contribution < -0.4 is 14.8 Å². The molecule has 0 aliphatic heterocycles. The van der Waals surface area contributed by atoms with Crippen molar-refractivity contribution in [1.82, 2.24) is 10.3 Å². The zero-order valence-electron chi connectivity index (χ0n) is 14.3. The Hall–Kier alpha value is -2.31. The molecule has 2 N–H and O–H groups in total. The van der Waals surface area contributed by atoms with Crippen molar-refractivity contribution in [3.63, 3.8) is 0 Å². The highest BCUT2D eigenvalue weighted by Gasteiger charge is 2.11. The zero-order valence-corrected chi connectivity index (χ0v) is 15.1. The number of ether oxygens (including phenoxy) is 2. The Labute approximate surface area is 156 Å². The van der Waals surface area contributed by atoms with Crippen LogP contribution in [0, 0.1) is 0 Å². The minimum absolute atomic E-state index is 0. The molecule has 0 spiro atoms. The van der Waals surface area contributed by atoms with Gasteiger partial charge >= 0.3 is 6.61 Å². The fourth-order valence-electron chi connectivity index (χ4n) is 2.81. The van der Waals surface area contributed by atoms with Gasteiger partial charge < -0.3 is 19.8 Å². The third kappa shape index (κ3) is 4.86. The molecule has 0 aliphatic carbocycles. The largest absolute Gasteiger partial charge is 0.493 e. The molecule has 0 atom stereocenters. The summed E-state index contributed by atoms with van der Waals surface area (Å²) in [6.07, 6.45) is 2.93. The number of H-pyrrole nitrogens is 1. The molecule has 0 radical (unpaired) electrons. The van der Waals surface area contributed by atoms with E-state index in [4.69, 9.17) is 4.74 Å². The summed E-state index contributed by atoms with van der Waals surface area (Å²) in [5.74, 6) is 0.344. The Morgan fingerprint density at radius 3 is 2.69 bits per heavy atom. The molecule has 1 heterocycles. The fraction of sp³-hybridized carbons (Fsp3) is 0.263. The van der Waals surface area contributed by atoms with Crippen LogP contribution in [0.4, 0.5) is 8.78 Å². The van der Waals surface area contributed by atoms with Gasteiger partial charge in [0.05, 0.1) is 7.11 Å². The van der Waals surface area contributed by atoms with E-state index in [2.05, 4.69) is 27.2 Å². The molecule has 2 aromatic carbocycles. The Morgan fingerprint density at radius 2 is 1.92 bits per heavy atom. The number of aromatic nitrogens is 1.